The summed E-state index contributed by atoms with van der Waals surface area (Å²) in [6, 6.07) is 7.92. The molecule has 1 aromatic carbocycles. The zero-order valence-corrected chi connectivity index (χ0v) is 16.5. The van der Waals surface area contributed by atoms with Crippen LogP contribution < -0.4 is 4.72 Å². The average Bonchev–Trinajstić information content (AvgIpc) is 2.73. The number of para-hydroxylation sites is 1. The lowest BCUT2D eigenvalue weighted by atomic mass is 9.87. The van der Waals surface area contributed by atoms with Gasteiger partial charge in [0.1, 0.15) is 0 Å². The number of benzene rings is 1. The lowest BCUT2D eigenvalue weighted by Crippen LogP contribution is -2.24. The molecule has 0 fully saturated rings. The zero-order valence-electron chi connectivity index (χ0n) is 15.7. The van der Waals surface area contributed by atoms with Gasteiger partial charge in [-0.25, -0.2) is 13.1 Å². The van der Waals surface area contributed by atoms with Crippen LogP contribution in [0.4, 0.5) is 0 Å². The minimum Gasteiger partial charge on any atom is -0.344 e. The van der Waals surface area contributed by atoms with Crippen LogP contribution in [0.15, 0.2) is 24.3 Å². The van der Waals surface area contributed by atoms with Crippen molar-refractivity contribution in [2.24, 2.45) is 5.41 Å². The highest BCUT2D eigenvalue weighted by atomic mass is 32.2. The molecule has 0 amide bonds. The van der Waals surface area contributed by atoms with Crippen molar-refractivity contribution in [1.29, 1.82) is 0 Å². The zero-order chi connectivity index (χ0) is 18.8. The van der Waals surface area contributed by atoms with Gasteiger partial charge < -0.3 is 4.57 Å². The van der Waals surface area contributed by atoms with Gasteiger partial charge in [-0.2, -0.15) is 0 Å². The van der Waals surface area contributed by atoms with Crippen molar-refractivity contribution in [2.75, 3.05) is 12.8 Å². The number of fused-ring (bicyclic) bond motifs is 1. The monoisotopic (exact) mass is 364 g/mol. The van der Waals surface area contributed by atoms with E-state index in [1.807, 2.05) is 31.2 Å². The summed E-state index contributed by atoms with van der Waals surface area (Å²) in [7, 11) is -3.17. The molecule has 138 valence electrons. The van der Waals surface area contributed by atoms with Gasteiger partial charge in [0.15, 0.2) is 5.78 Å². The minimum atomic E-state index is -3.17. The van der Waals surface area contributed by atoms with E-state index in [-0.39, 0.29) is 11.2 Å². The topological polar surface area (TPSA) is 68.2 Å². The smallest absolute Gasteiger partial charge is 0.208 e. The lowest BCUT2D eigenvalue weighted by molar-refractivity contribution is 0.0940. The highest BCUT2D eigenvalue weighted by molar-refractivity contribution is 7.88. The third kappa shape index (κ3) is 5.16. The Balaban J connectivity index is 2.32. The fourth-order valence-corrected chi connectivity index (χ4v) is 3.65. The third-order valence-electron chi connectivity index (χ3n) is 4.12. The van der Waals surface area contributed by atoms with Crippen molar-refractivity contribution in [3.05, 3.63) is 35.5 Å². The fourth-order valence-electron chi connectivity index (χ4n) is 3.14. The van der Waals surface area contributed by atoms with Crippen LogP contribution in [0.1, 0.15) is 49.7 Å². The summed E-state index contributed by atoms with van der Waals surface area (Å²) in [5.74, 6) is 0.161. The molecule has 0 aliphatic heterocycles. The lowest BCUT2D eigenvalue weighted by Gasteiger charge is -2.17. The first-order valence-electron chi connectivity index (χ1n) is 8.55. The van der Waals surface area contributed by atoms with Crippen LogP contribution in [0.25, 0.3) is 10.9 Å². The van der Waals surface area contributed by atoms with E-state index in [2.05, 4.69) is 30.1 Å². The van der Waals surface area contributed by atoms with Crippen LogP contribution in [-0.2, 0) is 16.6 Å². The number of rotatable bonds is 7. The highest BCUT2D eigenvalue weighted by Gasteiger charge is 2.23. The summed E-state index contributed by atoms with van der Waals surface area (Å²) in [4.78, 5) is 12.9. The molecule has 0 saturated heterocycles. The van der Waals surface area contributed by atoms with Gasteiger partial charge in [-0.15, -0.1) is 0 Å². The molecule has 0 unspecified atom stereocenters. The van der Waals surface area contributed by atoms with Gasteiger partial charge >= 0.3 is 0 Å². The van der Waals surface area contributed by atoms with E-state index in [0.29, 0.717) is 25.9 Å². The summed E-state index contributed by atoms with van der Waals surface area (Å²) < 4.78 is 27.0. The summed E-state index contributed by atoms with van der Waals surface area (Å²) in [6.07, 6.45) is 2.32. The van der Waals surface area contributed by atoms with Crippen LogP contribution in [0.3, 0.4) is 0 Å². The Bertz CT molecular complexity index is 874. The predicted molar refractivity (Wildman–Crippen MR) is 103 cm³/mol. The number of hydrogen-bond acceptors (Lipinski definition) is 3. The molecule has 1 aromatic heterocycles. The Labute approximate surface area is 150 Å². The molecule has 0 aliphatic rings. The van der Waals surface area contributed by atoms with E-state index in [1.165, 1.54) is 0 Å². The normalized spacial score (nSPS) is 12.7. The van der Waals surface area contributed by atoms with Gasteiger partial charge in [0.2, 0.25) is 10.0 Å². The van der Waals surface area contributed by atoms with Crippen LogP contribution in [-0.4, -0.2) is 31.6 Å². The maximum Gasteiger partial charge on any atom is 0.208 e. The second-order valence-electron chi connectivity index (χ2n) is 7.81. The second kappa shape index (κ2) is 7.30. The molecule has 1 heterocycles. The van der Waals surface area contributed by atoms with Gasteiger partial charge in [-0.1, -0.05) is 39.0 Å². The van der Waals surface area contributed by atoms with E-state index in [1.54, 1.807) is 0 Å². The third-order valence-corrected chi connectivity index (χ3v) is 4.85. The summed E-state index contributed by atoms with van der Waals surface area (Å²) in [6.45, 7) is 9.22. The Morgan fingerprint density at radius 1 is 1.20 bits per heavy atom. The number of aromatic nitrogens is 1. The van der Waals surface area contributed by atoms with E-state index in [9.17, 15) is 13.2 Å². The van der Waals surface area contributed by atoms with Crippen molar-refractivity contribution in [1.82, 2.24) is 9.29 Å². The van der Waals surface area contributed by atoms with Crippen LogP contribution in [0.2, 0.25) is 0 Å². The van der Waals surface area contributed by atoms with Gasteiger partial charge in [0.05, 0.1) is 6.26 Å². The van der Waals surface area contributed by atoms with E-state index in [4.69, 9.17) is 0 Å². The first-order valence-corrected chi connectivity index (χ1v) is 10.4. The fraction of sp³-hybridized carbons (Fsp3) is 0.526. The van der Waals surface area contributed by atoms with Crippen LogP contribution >= 0.6 is 0 Å². The molecule has 6 heteroatoms. The number of hydrogen-bond donors (Lipinski definition) is 1. The number of carbonyl (C=O) groups is 1. The first kappa shape index (κ1) is 19.7. The molecule has 1 N–H and O–H groups in total. The molecule has 0 spiro atoms. The van der Waals surface area contributed by atoms with Crippen molar-refractivity contribution in [3.8, 4) is 0 Å². The van der Waals surface area contributed by atoms with Crippen molar-refractivity contribution < 1.29 is 13.2 Å². The number of carbonyl (C=O) groups excluding carboxylic acids is 1. The number of sulfonamides is 1. The summed E-state index contributed by atoms with van der Waals surface area (Å²) in [5.41, 5.74) is 2.71. The molecule has 5 nitrogen and oxygen atoms in total. The Morgan fingerprint density at radius 3 is 2.44 bits per heavy atom. The number of nitrogens with one attached hydrogen (secondary N) is 1. The molecule has 0 atom stereocenters. The van der Waals surface area contributed by atoms with Gasteiger partial charge in [0.25, 0.3) is 0 Å². The number of Topliss-reactive ketones (excluding diaryl/α,β-unsaturated/α-hetero) is 1. The molecule has 0 saturated carbocycles. The number of ketones is 1. The Kier molecular flexibility index (Phi) is 5.74. The molecule has 0 bridgehead atoms. The maximum atomic E-state index is 12.9. The molecule has 0 aliphatic carbocycles. The highest BCUT2D eigenvalue weighted by Crippen LogP contribution is 2.30. The average molecular weight is 365 g/mol. The quantitative estimate of drug-likeness (QED) is 0.604. The maximum absolute atomic E-state index is 12.9. The molecule has 2 aromatic rings. The van der Waals surface area contributed by atoms with Gasteiger partial charge in [0, 0.05) is 41.7 Å². The standard InChI is InChI=1S/C19H28N2O3S/c1-14-18(17(22)13-19(2,3)4)15-9-6-7-10-16(15)21(14)12-8-11-20-25(5,23)24/h6-7,9-10,20H,8,11-13H2,1-5H3. The Morgan fingerprint density at radius 2 is 1.84 bits per heavy atom. The van der Waals surface area contributed by atoms with E-state index >= 15 is 0 Å². The van der Waals surface area contributed by atoms with Crippen molar-refractivity contribution >= 4 is 26.7 Å². The van der Waals surface area contributed by atoms with E-state index < -0.39 is 10.0 Å². The molecular formula is C19H28N2O3S. The van der Waals surface area contributed by atoms with Crippen molar-refractivity contribution in [2.45, 2.75) is 47.1 Å². The predicted octanol–water partition coefficient (Wildman–Crippen LogP) is 3.51. The largest absolute Gasteiger partial charge is 0.344 e. The van der Waals surface area contributed by atoms with Crippen LogP contribution in [0, 0.1) is 12.3 Å². The number of aryl methyl sites for hydroxylation is 1. The second-order valence-corrected chi connectivity index (χ2v) is 9.64. The van der Waals surface area contributed by atoms with Gasteiger partial charge in [-0.05, 0) is 24.8 Å². The van der Waals surface area contributed by atoms with Crippen molar-refractivity contribution in [3.63, 3.8) is 0 Å². The Hall–Kier alpha value is -1.66. The molecule has 2 rings (SSSR count). The van der Waals surface area contributed by atoms with Crippen LogP contribution in [0.5, 0.6) is 0 Å². The summed E-state index contributed by atoms with van der Waals surface area (Å²) >= 11 is 0. The number of nitrogens with zero attached hydrogens (tertiary/aromatic N) is 1. The van der Waals surface area contributed by atoms with E-state index in [0.717, 1.165) is 28.4 Å². The first-order chi connectivity index (χ1) is 11.5. The molecular weight excluding hydrogens is 336 g/mol. The molecule has 0 radical (unpaired) electrons. The van der Waals surface area contributed by atoms with Gasteiger partial charge in [-0.3, -0.25) is 4.79 Å². The minimum absolute atomic E-state index is 0.0634. The molecule has 25 heavy (non-hydrogen) atoms. The summed E-state index contributed by atoms with van der Waals surface area (Å²) in [5, 5.41) is 0.977. The SMILES string of the molecule is Cc1c(C(=O)CC(C)(C)C)c2ccccc2n1CCCNS(C)(=O)=O.